The monoisotopic (exact) mass is 1010 g/mol. The van der Waals surface area contributed by atoms with Crippen molar-refractivity contribution < 1.29 is 14.7 Å². The summed E-state index contributed by atoms with van der Waals surface area (Å²) in [4.78, 5) is 24.5. The quantitative estimate of drug-likeness (QED) is 0.105. The van der Waals surface area contributed by atoms with E-state index in [-0.39, 0.29) is 5.91 Å². The maximum Gasteiger partial charge on any atom is 0.227 e. The van der Waals surface area contributed by atoms with Crippen LogP contribution in [0, 0.1) is 7.14 Å². The van der Waals surface area contributed by atoms with Gasteiger partial charge in [-0.15, -0.1) is 0 Å². The fraction of sp³-hybridized carbons (Fsp3) is 0.289. The van der Waals surface area contributed by atoms with Crippen molar-refractivity contribution in [1.29, 1.82) is 0 Å². The SMILES string of the molecule is Clc1ccc2c(c1)CCc1cc(I)cnc1C2=C1CCNCC1.O=C(Cc1cc[n+](O)cc1)N1CCC(=C2c3ccc(Cl)cc3CCc3cc(I)cnc32)CC1. The first kappa shape index (κ1) is 39.5. The van der Waals surface area contributed by atoms with Crippen LogP contribution in [-0.2, 0) is 36.9 Å². The van der Waals surface area contributed by atoms with Gasteiger partial charge in [0.05, 0.1) is 17.8 Å². The summed E-state index contributed by atoms with van der Waals surface area (Å²) in [6.45, 7) is 3.52. The van der Waals surface area contributed by atoms with Gasteiger partial charge in [0.15, 0.2) is 0 Å². The number of aromatic nitrogens is 3. The maximum atomic E-state index is 12.9. The number of pyridine rings is 3. The predicted molar refractivity (Wildman–Crippen MR) is 239 cm³/mol. The van der Waals surface area contributed by atoms with E-state index in [9.17, 15) is 10.0 Å². The Labute approximate surface area is 365 Å². The number of benzene rings is 2. The Hall–Kier alpha value is -3.36. The molecule has 0 atom stereocenters. The fourth-order valence-electron chi connectivity index (χ4n) is 8.44. The first-order chi connectivity index (χ1) is 27.2. The van der Waals surface area contributed by atoms with Crippen LogP contribution in [0.5, 0.6) is 0 Å². The van der Waals surface area contributed by atoms with Gasteiger partial charge in [0.2, 0.25) is 18.3 Å². The van der Waals surface area contributed by atoms with Gasteiger partial charge in [-0.25, -0.2) is 0 Å². The second kappa shape index (κ2) is 17.6. The molecule has 2 fully saturated rings. The lowest BCUT2D eigenvalue weighted by molar-refractivity contribution is -0.904. The summed E-state index contributed by atoms with van der Waals surface area (Å²) in [6, 6.07) is 20.6. The summed E-state index contributed by atoms with van der Waals surface area (Å²) in [7, 11) is 0. The van der Waals surface area contributed by atoms with Crippen LogP contribution in [0.2, 0.25) is 10.0 Å². The number of piperidine rings is 2. The maximum absolute atomic E-state index is 12.9. The summed E-state index contributed by atoms with van der Waals surface area (Å²) in [6.07, 6.45) is 15.2. The number of nitrogens with zero attached hydrogens (tertiary/aromatic N) is 4. The zero-order valence-corrected chi connectivity index (χ0v) is 36.8. The molecule has 7 nitrogen and oxygen atoms in total. The number of hydrogen-bond donors (Lipinski definition) is 2. The van der Waals surface area contributed by atoms with Crippen LogP contribution in [0.4, 0.5) is 0 Å². The first-order valence-corrected chi connectivity index (χ1v) is 22.1. The molecule has 0 saturated carbocycles. The molecular formula is C45H42Cl2I2N5O2+. The summed E-state index contributed by atoms with van der Waals surface area (Å²) < 4.78 is 3.34. The summed E-state index contributed by atoms with van der Waals surface area (Å²) in [5, 5.41) is 14.4. The van der Waals surface area contributed by atoms with E-state index in [2.05, 4.69) is 86.9 Å². The molecule has 1 amide bonds. The minimum atomic E-state index is 0.121. The van der Waals surface area contributed by atoms with E-state index < -0.39 is 0 Å². The highest BCUT2D eigenvalue weighted by molar-refractivity contribution is 14.1. The molecule has 0 bridgehead atoms. The van der Waals surface area contributed by atoms with Crippen molar-refractivity contribution in [3.05, 3.63) is 164 Å². The normalized spacial score (nSPS) is 16.4. The smallest absolute Gasteiger partial charge is 0.227 e. The minimum absolute atomic E-state index is 0.121. The van der Waals surface area contributed by atoms with Crippen molar-refractivity contribution >= 4 is 85.4 Å². The number of fused-ring (bicyclic) bond motifs is 4. The molecule has 0 spiro atoms. The van der Waals surface area contributed by atoms with Crippen molar-refractivity contribution in [3.63, 3.8) is 0 Å². The number of carbonyl (C=O) groups is 1. The highest BCUT2D eigenvalue weighted by Crippen LogP contribution is 2.40. The van der Waals surface area contributed by atoms with Gasteiger partial charge in [0.1, 0.15) is 0 Å². The molecule has 3 aromatic heterocycles. The fourth-order valence-corrected chi connectivity index (χ4v) is 9.86. The van der Waals surface area contributed by atoms with Gasteiger partial charge in [-0.3, -0.25) is 20.0 Å². The molecule has 2 N–H and O–H groups in total. The number of nitrogens with one attached hydrogen (secondary N) is 1. The van der Waals surface area contributed by atoms with Crippen molar-refractivity contribution in [2.45, 2.75) is 57.8 Å². The Bertz CT molecular complexity index is 2250. The third-order valence-corrected chi connectivity index (χ3v) is 12.9. The molecule has 286 valence electrons. The number of aryl methyl sites for hydroxylation is 4. The predicted octanol–water partition coefficient (Wildman–Crippen LogP) is 9.25. The molecule has 2 aliphatic heterocycles. The lowest BCUT2D eigenvalue weighted by Gasteiger charge is -2.30. The Balaban J connectivity index is 0.000000168. The molecule has 2 aromatic carbocycles. The number of carbonyl (C=O) groups excluding carboxylic acids is 1. The lowest BCUT2D eigenvalue weighted by Crippen LogP contribution is -2.37. The van der Waals surface area contributed by atoms with Gasteiger partial charge in [0, 0.05) is 70.7 Å². The molecule has 11 heteroatoms. The van der Waals surface area contributed by atoms with Crippen molar-refractivity contribution in [3.8, 4) is 0 Å². The van der Waals surface area contributed by atoms with Gasteiger partial charge in [0.25, 0.3) is 0 Å². The van der Waals surface area contributed by atoms with Crippen molar-refractivity contribution in [2.75, 3.05) is 26.2 Å². The number of hydrogen-bond acceptors (Lipinski definition) is 5. The molecule has 2 aliphatic carbocycles. The molecule has 56 heavy (non-hydrogen) atoms. The van der Waals surface area contributed by atoms with E-state index in [4.69, 9.17) is 33.2 Å². The minimum Gasteiger partial charge on any atom is -0.342 e. The average molecular weight is 1010 g/mol. The van der Waals surface area contributed by atoms with Crippen LogP contribution in [0.25, 0.3) is 11.1 Å². The van der Waals surface area contributed by atoms with Gasteiger partial charge >= 0.3 is 0 Å². The van der Waals surface area contributed by atoms with E-state index in [0.717, 1.165) is 94.1 Å². The van der Waals surface area contributed by atoms with E-state index in [1.807, 2.05) is 29.4 Å². The molecule has 9 rings (SSSR count). The van der Waals surface area contributed by atoms with Crippen LogP contribution < -0.4 is 10.0 Å². The molecule has 4 aliphatic rings. The summed E-state index contributed by atoms with van der Waals surface area (Å²) in [5.41, 5.74) is 16.5. The van der Waals surface area contributed by atoms with E-state index >= 15 is 0 Å². The Morgan fingerprint density at radius 3 is 1.68 bits per heavy atom. The highest BCUT2D eigenvalue weighted by atomic mass is 127. The van der Waals surface area contributed by atoms with Crippen LogP contribution >= 0.6 is 68.4 Å². The average Bonchev–Trinajstić information content (AvgIpc) is 3.46. The Kier molecular flexibility index (Phi) is 12.4. The van der Waals surface area contributed by atoms with Crippen LogP contribution in [0.1, 0.15) is 76.0 Å². The second-order valence-electron chi connectivity index (χ2n) is 14.8. The lowest BCUT2D eigenvalue weighted by atomic mass is 9.88. The van der Waals surface area contributed by atoms with Crippen molar-refractivity contribution in [2.24, 2.45) is 0 Å². The zero-order chi connectivity index (χ0) is 38.8. The van der Waals surface area contributed by atoms with E-state index in [1.165, 1.54) is 64.9 Å². The van der Waals surface area contributed by atoms with Gasteiger partial charge in [-0.2, -0.15) is 0 Å². The van der Waals surface area contributed by atoms with Crippen molar-refractivity contribution in [1.82, 2.24) is 20.2 Å². The summed E-state index contributed by atoms with van der Waals surface area (Å²) >= 11 is 17.3. The van der Waals surface area contributed by atoms with E-state index in [0.29, 0.717) is 19.5 Å². The largest absolute Gasteiger partial charge is 0.342 e. The molecule has 5 heterocycles. The second-order valence-corrected chi connectivity index (χ2v) is 18.1. The summed E-state index contributed by atoms with van der Waals surface area (Å²) in [5.74, 6) is 0.121. The third-order valence-electron chi connectivity index (χ3n) is 11.2. The number of halogens is 4. The van der Waals surface area contributed by atoms with Crippen LogP contribution in [-0.4, -0.2) is 52.2 Å². The third kappa shape index (κ3) is 8.87. The number of likely N-dealkylation sites (tertiary alicyclic amines) is 1. The molecule has 0 unspecified atom stereocenters. The standard InChI is InChI=1S/C26H24ClIN3O2.C19H18ClIN2/c27-21-3-4-23-19(14-21)1-2-20-15-22(28)16-29-26(20)25(23)18-7-9-30(10-8-18)24(32)13-17-5-11-31(33)12-6-17;20-15-3-4-17-13(9-15)1-2-14-10-16(21)11-23-19(14)18(17)12-5-7-22-8-6-12/h3-6,11-12,14-16,33H,1-2,7-10,13H2;3-4,9-11,22H,1-2,5-8H2/q+1;. The van der Waals surface area contributed by atoms with Gasteiger partial charge < -0.3 is 10.2 Å². The first-order valence-electron chi connectivity index (χ1n) is 19.2. The van der Waals surface area contributed by atoms with Crippen LogP contribution in [0.3, 0.4) is 0 Å². The molecular weight excluding hydrogens is 967 g/mol. The number of amides is 1. The topological polar surface area (TPSA) is 82.2 Å². The molecule has 5 aromatic rings. The van der Waals surface area contributed by atoms with Gasteiger partial charge in [-0.05, 0) is 185 Å². The Morgan fingerprint density at radius 2 is 1.16 bits per heavy atom. The van der Waals surface area contributed by atoms with E-state index in [1.54, 1.807) is 24.5 Å². The molecule has 0 radical (unpaired) electrons. The molecule has 2 saturated heterocycles. The zero-order valence-electron chi connectivity index (χ0n) is 30.9. The number of rotatable bonds is 2. The Morgan fingerprint density at radius 1 is 0.679 bits per heavy atom. The van der Waals surface area contributed by atoms with Gasteiger partial charge in [-0.1, -0.05) is 46.5 Å². The van der Waals surface area contributed by atoms with Crippen LogP contribution in [0.15, 0.2) is 96.6 Å². The highest BCUT2D eigenvalue weighted by Gasteiger charge is 2.28.